The Morgan fingerprint density at radius 1 is 1.44 bits per heavy atom. The summed E-state index contributed by atoms with van der Waals surface area (Å²) in [4.78, 5) is 24.2. The van der Waals surface area contributed by atoms with Gasteiger partial charge in [-0.1, -0.05) is 6.92 Å². The zero-order chi connectivity index (χ0) is 12.1. The van der Waals surface area contributed by atoms with Gasteiger partial charge >= 0.3 is 5.97 Å². The molecule has 16 heavy (non-hydrogen) atoms. The molecule has 0 spiro atoms. The van der Waals surface area contributed by atoms with Gasteiger partial charge in [-0.2, -0.15) is 0 Å². The van der Waals surface area contributed by atoms with Crippen molar-refractivity contribution in [1.82, 2.24) is 10.2 Å². The number of rotatable bonds is 5. The van der Waals surface area contributed by atoms with Crippen molar-refractivity contribution in [3.8, 4) is 0 Å². The number of carbonyl (C=O) groups excluding carboxylic acids is 1. The normalized spacial score (nSPS) is 25.6. The Kier molecular flexibility index (Phi) is 4.73. The SMILES string of the molecule is CCNC(=O)CCN1C[C@@H](C)[C@H](C(=O)O)C1. The molecule has 0 aromatic carbocycles. The summed E-state index contributed by atoms with van der Waals surface area (Å²) in [5.74, 6) is -0.803. The van der Waals surface area contributed by atoms with Crippen LogP contribution in [0, 0.1) is 11.8 Å². The summed E-state index contributed by atoms with van der Waals surface area (Å²) in [6.45, 7) is 6.47. The van der Waals surface area contributed by atoms with Gasteiger partial charge in [-0.25, -0.2) is 0 Å². The van der Waals surface area contributed by atoms with Gasteiger partial charge in [-0.3, -0.25) is 9.59 Å². The molecule has 1 heterocycles. The average molecular weight is 228 g/mol. The molecular formula is C11H20N2O3. The standard InChI is InChI=1S/C11H20N2O3/c1-3-12-10(14)4-5-13-6-8(2)9(7-13)11(15)16/h8-9H,3-7H2,1-2H3,(H,12,14)(H,15,16)/t8-,9-/m1/s1. The van der Waals surface area contributed by atoms with Crippen molar-refractivity contribution in [3.05, 3.63) is 0 Å². The molecule has 0 aromatic heterocycles. The first-order chi connectivity index (χ1) is 7.54. The number of carboxylic acids is 1. The van der Waals surface area contributed by atoms with E-state index in [1.807, 2.05) is 13.8 Å². The van der Waals surface area contributed by atoms with E-state index in [-0.39, 0.29) is 17.7 Å². The molecule has 92 valence electrons. The van der Waals surface area contributed by atoms with Crippen molar-refractivity contribution < 1.29 is 14.7 Å². The second-order valence-electron chi connectivity index (χ2n) is 4.39. The van der Waals surface area contributed by atoms with E-state index in [0.717, 1.165) is 6.54 Å². The van der Waals surface area contributed by atoms with Crippen LogP contribution in [0.2, 0.25) is 0 Å². The number of hydrogen-bond acceptors (Lipinski definition) is 3. The van der Waals surface area contributed by atoms with Crippen molar-refractivity contribution in [2.75, 3.05) is 26.2 Å². The van der Waals surface area contributed by atoms with Gasteiger partial charge in [0.1, 0.15) is 0 Å². The van der Waals surface area contributed by atoms with Crippen LogP contribution in [0.15, 0.2) is 0 Å². The Morgan fingerprint density at radius 3 is 2.62 bits per heavy atom. The maximum atomic E-state index is 11.2. The highest BCUT2D eigenvalue weighted by Gasteiger charge is 2.34. The highest BCUT2D eigenvalue weighted by atomic mass is 16.4. The number of nitrogens with one attached hydrogen (secondary N) is 1. The molecule has 2 atom stereocenters. The molecule has 0 radical (unpaired) electrons. The Hall–Kier alpha value is -1.10. The molecule has 5 heteroatoms. The molecule has 0 aliphatic carbocycles. The summed E-state index contributed by atoms with van der Waals surface area (Å²) in [5.41, 5.74) is 0. The van der Waals surface area contributed by atoms with Crippen LogP contribution < -0.4 is 5.32 Å². The van der Waals surface area contributed by atoms with Gasteiger partial charge in [0.05, 0.1) is 5.92 Å². The lowest BCUT2D eigenvalue weighted by molar-refractivity contribution is -0.142. The molecular weight excluding hydrogens is 208 g/mol. The van der Waals surface area contributed by atoms with Crippen LogP contribution >= 0.6 is 0 Å². The minimum Gasteiger partial charge on any atom is -0.481 e. The van der Waals surface area contributed by atoms with Crippen molar-refractivity contribution in [3.63, 3.8) is 0 Å². The van der Waals surface area contributed by atoms with E-state index in [0.29, 0.717) is 26.1 Å². The molecule has 1 aliphatic heterocycles. The van der Waals surface area contributed by atoms with Crippen LogP contribution in [-0.2, 0) is 9.59 Å². The Morgan fingerprint density at radius 2 is 2.12 bits per heavy atom. The summed E-state index contributed by atoms with van der Waals surface area (Å²) < 4.78 is 0. The monoisotopic (exact) mass is 228 g/mol. The zero-order valence-electron chi connectivity index (χ0n) is 9.90. The second kappa shape index (κ2) is 5.84. The van der Waals surface area contributed by atoms with Gasteiger partial charge < -0.3 is 15.3 Å². The first-order valence-electron chi connectivity index (χ1n) is 5.76. The van der Waals surface area contributed by atoms with E-state index in [2.05, 4.69) is 10.2 Å². The first-order valence-corrected chi connectivity index (χ1v) is 5.76. The predicted octanol–water partition coefficient (Wildman–Crippen LogP) is 0.165. The fraction of sp³-hybridized carbons (Fsp3) is 0.818. The molecule has 0 unspecified atom stereocenters. The van der Waals surface area contributed by atoms with Gasteiger partial charge in [0.2, 0.25) is 5.91 Å². The number of carboxylic acid groups (broad SMARTS) is 1. The van der Waals surface area contributed by atoms with Crippen molar-refractivity contribution in [1.29, 1.82) is 0 Å². The third kappa shape index (κ3) is 3.48. The minimum absolute atomic E-state index is 0.0360. The Bertz CT molecular complexity index is 268. The molecule has 2 N–H and O–H groups in total. The zero-order valence-corrected chi connectivity index (χ0v) is 9.90. The summed E-state index contributed by atoms with van der Waals surface area (Å²) in [7, 11) is 0. The maximum Gasteiger partial charge on any atom is 0.308 e. The van der Waals surface area contributed by atoms with Gasteiger partial charge in [0.15, 0.2) is 0 Å². The van der Waals surface area contributed by atoms with Gasteiger partial charge in [-0.15, -0.1) is 0 Å². The lowest BCUT2D eigenvalue weighted by atomic mass is 9.99. The molecule has 1 aliphatic rings. The van der Waals surface area contributed by atoms with Crippen molar-refractivity contribution in [2.45, 2.75) is 20.3 Å². The fourth-order valence-electron chi connectivity index (χ4n) is 2.12. The van der Waals surface area contributed by atoms with E-state index in [9.17, 15) is 9.59 Å². The number of nitrogens with zero attached hydrogens (tertiary/aromatic N) is 1. The number of likely N-dealkylation sites (tertiary alicyclic amines) is 1. The maximum absolute atomic E-state index is 11.2. The van der Waals surface area contributed by atoms with Crippen molar-refractivity contribution in [2.24, 2.45) is 11.8 Å². The van der Waals surface area contributed by atoms with E-state index in [4.69, 9.17) is 5.11 Å². The van der Waals surface area contributed by atoms with E-state index >= 15 is 0 Å². The fourth-order valence-corrected chi connectivity index (χ4v) is 2.12. The molecule has 0 aromatic rings. The highest BCUT2D eigenvalue weighted by Crippen LogP contribution is 2.22. The molecule has 1 saturated heterocycles. The third-order valence-corrected chi connectivity index (χ3v) is 3.03. The lowest BCUT2D eigenvalue weighted by Gasteiger charge is -2.14. The van der Waals surface area contributed by atoms with Crippen LogP contribution in [0.4, 0.5) is 0 Å². The summed E-state index contributed by atoms with van der Waals surface area (Å²) in [6, 6.07) is 0. The molecule has 1 fully saturated rings. The van der Waals surface area contributed by atoms with Gasteiger partial charge in [0.25, 0.3) is 0 Å². The molecule has 1 amide bonds. The Balaban J connectivity index is 2.30. The van der Waals surface area contributed by atoms with E-state index in [1.54, 1.807) is 0 Å². The van der Waals surface area contributed by atoms with Gasteiger partial charge in [0, 0.05) is 32.6 Å². The molecule has 0 bridgehead atoms. The van der Waals surface area contributed by atoms with Crippen LogP contribution in [-0.4, -0.2) is 48.1 Å². The molecule has 5 nitrogen and oxygen atoms in total. The van der Waals surface area contributed by atoms with Crippen LogP contribution in [0.1, 0.15) is 20.3 Å². The van der Waals surface area contributed by atoms with Crippen LogP contribution in [0.25, 0.3) is 0 Å². The largest absolute Gasteiger partial charge is 0.481 e. The summed E-state index contributed by atoms with van der Waals surface area (Å²) in [5, 5.41) is 11.7. The highest BCUT2D eigenvalue weighted by molar-refractivity contribution is 5.76. The summed E-state index contributed by atoms with van der Waals surface area (Å²) >= 11 is 0. The van der Waals surface area contributed by atoms with Crippen molar-refractivity contribution >= 4 is 11.9 Å². The lowest BCUT2D eigenvalue weighted by Crippen LogP contribution is -2.30. The molecule has 1 rings (SSSR count). The first kappa shape index (κ1) is 13.0. The average Bonchev–Trinajstić information content (AvgIpc) is 2.57. The number of amides is 1. The van der Waals surface area contributed by atoms with Crippen LogP contribution in [0.3, 0.4) is 0 Å². The quantitative estimate of drug-likeness (QED) is 0.703. The number of carbonyl (C=O) groups is 2. The van der Waals surface area contributed by atoms with E-state index in [1.165, 1.54) is 0 Å². The molecule has 0 saturated carbocycles. The van der Waals surface area contributed by atoms with Gasteiger partial charge in [-0.05, 0) is 12.8 Å². The van der Waals surface area contributed by atoms with E-state index < -0.39 is 5.97 Å². The second-order valence-corrected chi connectivity index (χ2v) is 4.39. The predicted molar refractivity (Wildman–Crippen MR) is 60.0 cm³/mol. The number of aliphatic carboxylic acids is 1. The Labute approximate surface area is 95.8 Å². The summed E-state index contributed by atoms with van der Waals surface area (Å²) in [6.07, 6.45) is 0.451. The van der Waals surface area contributed by atoms with Crippen LogP contribution in [0.5, 0.6) is 0 Å². The topological polar surface area (TPSA) is 69.6 Å². The smallest absolute Gasteiger partial charge is 0.308 e. The third-order valence-electron chi connectivity index (χ3n) is 3.03. The number of hydrogen-bond donors (Lipinski definition) is 2. The minimum atomic E-state index is -0.729.